The van der Waals surface area contributed by atoms with Gasteiger partial charge in [0.1, 0.15) is 0 Å². The summed E-state index contributed by atoms with van der Waals surface area (Å²) < 4.78 is 18.6. The molecule has 2 rings (SSSR count). The highest BCUT2D eigenvalue weighted by Gasteiger charge is 2.12. The number of hydrogen-bond acceptors (Lipinski definition) is 4. The van der Waals surface area contributed by atoms with Crippen LogP contribution in [0.5, 0.6) is 5.75 Å². The molecule has 1 atom stereocenters. The minimum atomic E-state index is -0.383. The fraction of sp³-hybridized carbons (Fsp3) is 0.267. The number of nitrogens with one attached hydrogen (secondary N) is 1. The molecule has 1 aromatic carbocycles. The van der Waals surface area contributed by atoms with E-state index in [1.54, 1.807) is 12.3 Å². The van der Waals surface area contributed by atoms with Crippen LogP contribution in [0.3, 0.4) is 0 Å². The van der Waals surface area contributed by atoms with Crippen LogP contribution in [-0.4, -0.2) is 12.1 Å². The standard InChI is InChI=1S/C15H18FN3O/c1-20-15-7-5-12(9-13(15)16)14(19-17)6-4-11-3-2-8-18-10-11/h2-3,5,7-10,14,19H,4,6,17H2,1H3. The number of rotatable bonds is 6. The largest absolute Gasteiger partial charge is 0.494 e. The first-order valence-electron chi connectivity index (χ1n) is 6.43. The van der Waals surface area contributed by atoms with E-state index in [4.69, 9.17) is 10.6 Å². The van der Waals surface area contributed by atoms with Crippen molar-refractivity contribution in [3.63, 3.8) is 0 Å². The maximum Gasteiger partial charge on any atom is 0.165 e. The van der Waals surface area contributed by atoms with Crippen molar-refractivity contribution in [2.75, 3.05) is 7.11 Å². The minimum Gasteiger partial charge on any atom is -0.494 e. The molecule has 1 aromatic heterocycles. The molecule has 0 amide bonds. The van der Waals surface area contributed by atoms with Gasteiger partial charge in [-0.3, -0.25) is 16.3 Å². The molecule has 0 fully saturated rings. The number of pyridine rings is 1. The van der Waals surface area contributed by atoms with Gasteiger partial charge in [0.05, 0.1) is 7.11 Å². The fourth-order valence-corrected chi connectivity index (χ4v) is 2.10. The summed E-state index contributed by atoms with van der Waals surface area (Å²) in [6.45, 7) is 0. The average Bonchev–Trinajstić information content (AvgIpc) is 2.49. The Bertz CT molecular complexity index is 548. The third-order valence-corrected chi connectivity index (χ3v) is 3.22. The highest BCUT2D eigenvalue weighted by Crippen LogP contribution is 2.24. The molecular formula is C15H18FN3O. The summed E-state index contributed by atoms with van der Waals surface area (Å²) in [5, 5.41) is 0. The van der Waals surface area contributed by atoms with Crippen molar-refractivity contribution in [3.05, 3.63) is 59.7 Å². The zero-order chi connectivity index (χ0) is 14.4. The van der Waals surface area contributed by atoms with Gasteiger partial charge in [0.25, 0.3) is 0 Å². The third-order valence-electron chi connectivity index (χ3n) is 3.22. The highest BCUT2D eigenvalue weighted by molar-refractivity contribution is 5.31. The second-order valence-electron chi connectivity index (χ2n) is 4.51. The molecule has 0 radical (unpaired) electrons. The number of ether oxygens (including phenoxy) is 1. The number of halogens is 1. The van der Waals surface area contributed by atoms with Crippen molar-refractivity contribution in [1.29, 1.82) is 0 Å². The van der Waals surface area contributed by atoms with Gasteiger partial charge in [-0.25, -0.2) is 4.39 Å². The minimum absolute atomic E-state index is 0.115. The molecule has 106 valence electrons. The summed E-state index contributed by atoms with van der Waals surface area (Å²) >= 11 is 0. The topological polar surface area (TPSA) is 60.2 Å². The molecule has 0 spiro atoms. The van der Waals surface area contributed by atoms with Gasteiger partial charge >= 0.3 is 0 Å². The monoisotopic (exact) mass is 275 g/mol. The number of nitrogens with two attached hydrogens (primary N) is 1. The lowest BCUT2D eigenvalue weighted by Crippen LogP contribution is -2.28. The van der Waals surface area contributed by atoms with Crippen LogP contribution in [0.2, 0.25) is 0 Å². The SMILES string of the molecule is COc1ccc(C(CCc2cccnc2)NN)cc1F. The molecule has 1 unspecified atom stereocenters. The van der Waals surface area contributed by atoms with Crippen LogP contribution in [-0.2, 0) is 6.42 Å². The van der Waals surface area contributed by atoms with E-state index in [9.17, 15) is 4.39 Å². The Morgan fingerprint density at radius 2 is 2.25 bits per heavy atom. The Kier molecular flexibility index (Phi) is 5.03. The zero-order valence-corrected chi connectivity index (χ0v) is 11.3. The number of hydrogen-bond donors (Lipinski definition) is 2. The number of aromatic nitrogens is 1. The number of hydrazine groups is 1. The van der Waals surface area contributed by atoms with E-state index in [-0.39, 0.29) is 17.6 Å². The van der Waals surface area contributed by atoms with Crippen molar-refractivity contribution in [1.82, 2.24) is 10.4 Å². The summed E-state index contributed by atoms with van der Waals surface area (Å²) in [6.07, 6.45) is 5.13. The molecule has 0 aliphatic rings. The number of benzene rings is 1. The van der Waals surface area contributed by atoms with E-state index < -0.39 is 0 Å². The van der Waals surface area contributed by atoms with Crippen LogP contribution in [0.25, 0.3) is 0 Å². The molecule has 0 saturated heterocycles. The van der Waals surface area contributed by atoms with Gasteiger partial charge in [0, 0.05) is 18.4 Å². The predicted octanol–water partition coefficient (Wildman–Crippen LogP) is 2.37. The molecule has 4 nitrogen and oxygen atoms in total. The first kappa shape index (κ1) is 14.4. The molecule has 0 saturated carbocycles. The molecule has 0 bridgehead atoms. The second kappa shape index (κ2) is 6.98. The summed E-state index contributed by atoms with van der Waals surface area (Å²) in [5.74, 6) is 5.42. The Balaban J connectivity index is 2.06. The maximum absolute atomic E-state index is 13.7. The van der Waals surface area contributed by atoms with Crippen LogP contribution >= 0.6 is 0 Å². The first-order chi connectivity index (χ1) is 9.74. The molecule has 2 aromatic rings. The van der Waals surface area contributed by atoms with Crippen LogP contribution in [0.1, 0.15) is 23.6 Å². The van der Waals surface area contributed by atoms with Crippen molar-refractivity contribution < 1.29 is 9.13 Å². The highest BCUT2D eigenvalue weighted by atomic mass is 19.1. The fourth-order valence-electron chi connectivity index (χ4n) is 2.10. The smallest absolute Gasteiger partial charge is 0.165 e. The van der Waals surface area contributed by atoms with Gasteiger partial charge in [-0.2, -0.15) is 0 Å². The summed E-state index contributed by atoms with van der Waals surface area (Å²) in [4.78, 5) is 4.07. The van der Waals surface area contributed by atoms with Gasteiger partial charge in [0.15, 0.2) is 11.6 Å². The van der Waals surface area contributed by atoms with Gasteiger partial charge in [-0.15, -0.1) is 0 Å². The van der Waals surface area contributed by atoms with Crippen molar-refractivity contribution in [2.45, 2.75) is 18.9 Å². The molecule has 5 heteroatoms. The van der Waals surface area contributed by atoms with Crippen molar-refractivity contribution in [3.8, 4) is 5.75 Å². The van der Waals surface area contributed by atoms with E-state index >= 15 is 0 Å². The Morgan fingerprint density at radius 3 is 2.85 bits per heavy atom. The lowest BCUT2D eigenvalue weighted by molar-refractivity contribution is 0.385. The predicted molar refractivity (Wildman–Crippen MR) is 75.6 cm³/mol. The van der Waals surface area contributed by atoms with Gasteiger partial charge < -0.3 is 4.74 Å². The summed E-state index contributed by atoms with van der Waals surface area (Å²) in [5.41, 5.74) is 4.65. The number of aryl methyl sites for hydroxylation is 1. The summed E-state index contributed by atoms with van der Waals surface area (Å²) in [7, 11) is 1.44. The maximum atomic E-state index is 13.7. The molecular weight excluding hydrogens is 257 g/mol. The molecule has 0 aliphatic heterocycles. The van der Waals surface area contributed by atoms with Crippen LogP contribution in [0.15, 0.2) is 42.7 Å². The van der Waals surface area contributed by atoms with Gasteiger partial charge in [0.2, 0.25) is 0 Å². The Morgan fingerprint density at radius 1 is 1.40 bits per heavy atom. The molecule has 3 N–H and O–H groups in total. The molecule has 1 heterocycles. The Hall–Kier alpha value is -1.98. The van der Waals surface area contributed by atoms with E-state index in [1.807, 2.05) is 24.4 Å². The van der Waals surface area contributed by atoms with Gasteiger partial charge in [-0.05, 0) is 42.2 Å². The Labute approximate surface area is 117 Å². The van der Waals surface area contributed by atoms with E-state index in [0.29, 0.717) is 0 Å². The molecule has 0 aliphatic carbocycles. The first-order valence-corrected chi connectivity index (χ1v) is 6.43. The summed E-state index contributed by atoms with van der Waals surface area (Å²) in [6, 6.07) is 8.67. The number of nitrogens with zero attached hydrogens (tertiary/aromatic N) is 1. The zero-order valence-electron chi connectivity index (χ0n) is 11.3. The van der Waals surface area contributed by atoms with Crippen molar-refractivity contribution >= 4 is 0 Å². The lowest BCUT2D eigenvalue weighted by atomic mass is 10.00. The van der Waals surface area contributed by atoms with Crippen LogP contribution in [0, 0.1) is 5.82 Å². The van der Waals surface area contributed by atoms with E-state index in [0.717, 1.165) is 24.0 Å². The van der Waals surface area contributed by atoms with E-state index in [1.165, 1.54) is 13.2 Å². The van der Waals surface area contributed by atoms with Crippen LogP contribution < -0.4 is 16.0 Å². The number of methoxy groups -OCH3 is 1. The quantitative estimate of drug-likeness (QED) is 0.627. The van der Waals surface area contributed by atoms with E-state index in [2.05, 4.69) is 10.4 Å². The third kappa shape index (κ3) is 3.53. The lowest BCUT2D eigenvalue weighted by Gasteiger charge is -2.17. The van der Waals surface area contributed by atoms with Crippen LogP contribution in [0.4, 0.5) is 4.39 Å². The molecule has 20 heavy (non-hydrogen) atoms. The average molecular weight is 275 g/mol. The van der Waals surface area contributed by atoms with Crippen molar-refractivity contribution in [2.24, 2.45) is 5.84 Å². The normalized spacial score (nSPS) is 12.2. The second-order valence-corrected chi connectivity index (χ2v) is 4.51. The van der Waals surface area contributed by atoms with Gasteiger partial charge in [-0.1, -0.05) is 12.1 Å².